The van der Waals surface area contributed by atoms with E-state index in [1.807, 2.05) is 25.1 Å². The minimum Gasteiger partial charge on any atom is -0.483 e. The Morgan fingerprint density at radius 3 is 2.71 bits per heavy atom. The van der Waals surface area contributed by atoms with Crippen LogP contribution in [0.15, 0.2) is 22.7 Å². The third-order valence-electron chi connectivity index (χ3n) is 2.06. The average molecular weight is 318 g/mol. The molecule has 4 nitrogen and oxygen atoms in total. The highest BCUT2D eigenvalue weighted by atomic mass is 79.9. The van der Waals surface area contributed by atoms with Gasteiger partial charge in [-0.15, -0.1) is 0 Å². The lowest BCUT2D eigenvalue weighted by Crippen LogP contribution is -1.93. The number of hydrogen-bond donors (Lipinski definition) is 1. The van der Waals surface area contributed by atoms with Gasteiger partial charge in [-0.25, -0.2) is 0 Å². The maximum atomic E-state index is 8.36. The first-order valence-electron chi connectivity index (χ1n) is 4.82. The summed E-state index contributed by atoms with van der Waals surface area (Å²) < 4.78 is 1.00. The molecule has 1 aromatic carbocycles. The third-order valence-corrected chi connectivity index (χ3v) is 2.98. The molecule has 2 aromatic rings. The number of hydrogen-bond acceptors (Lipinski definition) is 3. The predicted octanol–water partition coefficient (Wildman–Crippen LogP) is 3.31. The van der Waals surface area contributed by atoms with Gasteiger partial charge in [0, 0.05) is 9.86 Å². The highest BCUT2D eigenvalue weighted by Gasteiger charge is 2.06. The van der Waals surface area contributed by atoms with Gasteiger partial charge in [0.25, 0.3) is 6.47 Å². The maximum Gasteiger partial charge on any atom is 0.290 e. The highest BCUT2D eigenvalue weighted by molar-refractivity contribution is 9.10. The molecule has 6 heteroatoms. The Bertz CT molecular complexity index is 534. The Hall–Kier alpha value is -1.20. The molecule has 17 heavy (non-hydrogen) atoms. The van der Waals surface area contributed by atoms with Gasteiger partial charge in [0.2, 0.25) is 0 Å². The molecule has 1 heterocycles. The zero-order valence-corrected chi connectivity index (χ0v) is 11.4. The Morgan fingerprint density at radius 2 is 2.12 bits per heavy atom. The van der Waals surface area contributed by atoms with Gasteiger partial charge in [-0.1, -0.05) is 34.5 Å². The number of aryl methyl sites for hydroxylation is 1. The fourth-order valence-electron chi connectivity index (χ4n) is 1.31. The number of halogens is 2. The summed E-state index contributed by atoms with van der Waals surface area (Å²) in [6.45, 7) is 1.76. The summed E-state index contributed by atoms with van der Waals surface area (Å²) >= 11 is 9.60. The smallest absolute Gasteiger partial charge is 0.290 e. The van der Waals surface area contributed by atoms with Crippen molar-refractivity contribution in [1.29, 1.82) is 0 Å². The Labute approximate surface area is 112 Å². The Kier molecular flexibility index (Phi) is 5.31. The number of nitrogens with zero attached hydrogens (tertiary/aromatic N) is 2. The van der Waals surface area contributed by atoms with Gasteiger partial charge in [0.05, 0.1) is 16.2 Å². The Balaban J connectivity index is 0.000000437. The standard InChI is InChI=1S/C10H8BrClN2.CH2O2/c1-2-8-10(12)7-5-6(11)3-4-9(7)14-13-8;2-1-3/h3-5H,2H2,1H3;1H,(H,2,3). The number of rotatable bonds is 1. The van der Waals surface area contributed by atoms with Crippen LogP contribution in [0.3, 0.4) is 0 Å². The fourth-order valence-corrected chi connectivity index (χ4v) is 1.99. The number of fused-ring (bicyclic) bond motifs is 1. The summed E-state index contributed by atoms with van der Waals surface area (Å²) in [4.78, 5) is 8.36. The number of carboxylic acid groups (broad SMARTS) is 1. The molecule has 1 aromatic heterocycles. The van der Waals surface area contributed by atoms with Gasteiger partial charge in [-0.2, -0.15) is 10.2 Å². The summed E-state index contributed by atoms with van der Waals surface area (Å²) in [5.41, 5.74) is 1.67. The number of benzene rings is 1. The summed E-state index contributed by atoms with van der Waals surface area (Å²) in [7, 11) is 0. The second kappa shape index (κ2) is 6.51. The first kappa shape index (κ1) is 13.9. The van der Waals surface area contributed by atoms with Crippen LogP contribution in [-0.4, -0.2) is 21.8 Å². The third kappa shape index (κ3) is 3.38. The molecule has 0 radical (unpaired) electrons. The van der Waals surface area contributed by atoms with E-state index < -0.39 is 0 Å². The number of carbonyl (C=O) groups is 1. The van der Waals surface area contributed by atoms with Crippen LogP contribution >= 0.6 is 27.5 Å². The van der Waals surface area contributed by atoms with Gasteiger partial charge in [-0.05, 0) is 24.6 Å². The number of aromatic nitrogens is 2. The van der Waals surface area contributed by atoms with Crippen molar-refractivity contribution in [3.05, 3.63) is 33.4 Å². The van der Waals surface area contributed by atoms with Crippen LogP contribution < -0.4 is 0 Å². The van der Waals surface area contributed by atoms with E-state index in [9.17, 15) is 0 Å². The molecule has 0 aliphatic rings. The van der Waals surface area contributed by atoms with Crippen molar-refractivity contribution in [3.8, 4) is 0 Å². The molecule has 0 saturated carbocycles. The lowest BCUT2D eigenvalue weighted by atomic mass is 10.2. The quantitative estimate of drug-likeness (QED) is 0.820. The Morgan fingerprint density at radius 1 is 1.47 bits per heavy atom. The van der Waals surface area contributed by atoms with Gasteiger partial charge in [0.15, 0.2) is 0 Å². The van der Waals surface area contributed by atoms with Crippen LogP contribution in [0, 0.1) is 0 Å². The molecular formula is C11H10BrClN2O2. The lowest BCUT2D eigenvalue weighted by Gasteiger charge is -2.03. The molecule has 0 amide bonds. The maximum absolute atomic E-state index is 8.36. The summed E-state index contributed by atoms with van der Waals surface area (Å²) in [5.74, 6) is 0. The second-order valence-electron chi connectivity index (χ2n) is 3.08. The zero-order chi connectivity index (χ0) is 12.8. The second-order valence-corrected chi connectivity index (χ2v) is 4.37. The first-order chi connectivity index (χ1) is 8.13. The normalized spacial score (nSPS) is 9.59. The van der Waals surface area contributed by atoms with Crippen LogP contribution in [0.4, 0.5) is 0 Å². The van der Waals surface area contributed by atoms with Gasteiger partial charge in [0.1, 0.15) is 0 Å². The summed E-state index contributed by atoms with van der Waals surface area (Å²) in [5, 5.41) is 16.7. The van der Waals surface area contributed by atoms with Crippen LogP contribution in [-0.2, 0) is 11.2 Å². The van der Waals surface area contributed by atoms with Crippen molar-refractivity contribution in [3.63, 3.8) is 0 Å². The predicted molar refractivity (Wildman–Crippen MR) is 70.3 cm³/mol. The largest absolute Gasteiger partial charge is 0.483 e. The lowest BCUT2D eigenvalue weighted by molar-refractivity contribution is -0.122. The average Bonchev–Trinajstić information content (AvgIpc) is 2.31. The fraction of sp³-hybridized carbons (Fsp3) is 0.182. The minimum atomic E-state index is -0.250. The summed E-state index contributed by atoms with van der Waals surface area (Å²) in [6, 6.07) is 5.79. The topological polar surface area (TPSA) is 63.1 Å². The molecule has 90 valence electrons. The van der Waals surface area contributed by atoms with E-state index in [1.165, 1.54) is 0 Å². The van der Waals surface area contributed by atoms with E-state index in [4.69, 9.17) is 21.5 Å². The van der Waals surface area contributed by atoms with Crippen molar-refractivity contribution in [1.82, 2.24) is 10.2 Å². The van der Waals surface area contributed by atoms with E-state index in [0.717, 1.165) is 27.5 Å². The van der Waals surface area contributed by atoms with Crippen LogP contribution in [0.25, 0.3) is 10.9 Å². The molecule has 0 bridgehead atoms. The SMILES string of the molecule is CCc1nnc2ccc(Br)cc2c1Cl.O=CO. The van der Waals surface area contributed by atoms with E-state index in [1.54, 1.807) is 0 Å². The van der Waals surface area contributed by atoms with Gasteiger partial charge in [-0.3, -0.25) is 4.79 Å². The highest BCUT2D eigenvalue weighted by Crippen LogP contribution is 2.26. The molecule has 0 aliphatic heterocycles. The molecule has 0 unspecified atom stereocenters. The van der Waals surface area contributed by atoms with E-state index in [0.29, 0.717) is 5.02 Å². The van der Waals surface area contributed by atoms with Crippen molar-refractivity contribution >= 4 is 44.9 Å². The molecule has 2 rings (SSSR count). The molecule has 0 saturated heterocycles. The van der Waals surface area contributed by atoms with Crippen molar-refractivity contribution in [2.75, 3.05) is 0 Å². The molecule has 0 fully saturated rings. The van der Waals surface area contributed by atoms with Crippen LogP contribution in [0.2, 0.25) is 5.02 Å². The van der Waals surface area contributed by atoms with Crippen LogP contribution in [0.5, 0.6) is 0 Å². The minimum absolute atomic E-state index is 0.250. The molecule has 1 N–H and O–H groups in total. The first-order valence-corrected chi connectivity index (χ1v) is 5.99. The van der Waals surface area contributed by atoms with E-state index >= 15 is 0 Å². The van der Waals surface area contributed by atoms with Gasteiger partial charge < -0.3 is 5.11 Å². The molecule has 0 atom stereocenters. The van der Waals surface area contributed by atoms with Crippen LogP contribution in [0.1, 0.15) is 12.6 Å². The molecule has 0 spiro atoms. The summed E-state index contributed by atoms with van der Waals surface area (Å²) in [6.07, 6.45) is 0.800. The molecular weight excluding hydrogens is 307 g/mol. The van der Waals surface area contributed by atoms with E-state index in [-0.39, 0.29) is 6.47 Å². The van der Waals surface area contributed by atoms with Crippen molar-refractivity contribution in [2.24, 2.45) is 0 Å². The molecule has 0 aliphatic carbocycles. The zero-order valence-electron chi connectivity index (χ0n) is 9.02. The van der Waals surface area contributed by atoms with Crippen molar-refractivity contribution in [2.45, 2.75) is 13.3 Å². The monoisotopic (exact) mass is 316 g/mol. The van der Waals surface area contributed by atoms with E-state index in [2.05, 4.69) is 26.1 Å². The van der Waals surface area contributed by atoms with Crippen molar-refractivity contribution < 1.29 is 9.90 Å². The van der Waals surface area contributed by atoms with Gasteiger partial charge >= 0.3 is 0 Å².